The van der Waals surface area contributed by atoms with Crippen molar-refractivity contribution >= 4 is 15.9 Å². The molecule has 3 heteroatoms. The Morgan fingerprint density at radius 2 is 1.50 bits per heavy atom. The number of halogens is 1. The fourth-order valence-corrected chi connectivity index (χ4v) is 2.88. The monoisotopic (exact) mass is 331 g/mol. The Kier molecular flexibility index (Phi) is 3.67. The van der Waals surface area contributed by atoms with Crippen LogP contribution in [0.15, 0.2) is 53.0 Å². The third kappa shape index (κ3) is 2.53. The van der Waals surface area contributed by atoms with Gasteiger partial charge >= 0.3 is 0 Å². The Balaban J connectivity index is 1.82. The molecule has 1 fully saturated rings. The third-order valence-electron chi connectivity index (χ3n) is 4.27. The smallest absolute Gasteiger partial charge is 0.104 e. The molecule has 3 rings (SSSR count). The molecule has 2 aromatic rings. The van der Waals surface area contributed by atoms with Crippen LogP contribution in [0.1, 0.15) is 35.6 Å². The van der Waals surface area contributed by atoms with Crippen molar-refractivity contribution in [2.24, 2.45) is 5.73 Å². The predicted octanol–water partition coefficient (Wildman–Crippen LogP) is 3.52. The van der Waals surface area contributed by atoms with Gasteiger partial charge in [-0.3, -0.25) is 0 Å². The molecular formula is C17H18BrNO. The van der Waals surface area contributed by atoms with Gasteiger partial charge in [0.1, 0.15) is 6.10 Å². The minimum Gasteiger partial charge on any atom is -0.384 e. The number of hydrogen-bond acceptors (Lipinski definition) is 2. The topological polar surface area (TPSA) is 46.2 Å². The summed E-state index contributed by atoms with van der Waals surface area (Å²) in [6, 6.07) is 16.0. The van der Waals surface area contributed by atoms with Crippen molar-refractivity contribution in [1.82, 2.24) is 0 Å². The van der Waals surface area contributed by atoms with E-state index in [-0.39, 0.29) is 5.41 Å². The Hall–Kier alpha value is -1.16. The molecular weight excluding hydrogens is 314 g/mol. The van der Waals surface area contributed by atoms with Crippen LogP contribution in [0.3, 0.4) is 0 Å². The quantitative estimate of drug-likeness (QED) is 0.900. The average molecular weight is 332 g/mol. The van der Waals surface area contributed by atoms with Gasteiger partial charge in [-0.05, 0) is 41.7 Å². The maximum absolute atomic E-state index is 10.4. The maximum Gasteiger partial charge on any atom is 0.104 e. The molecule has 104 valence electrons. The maximum atomic E-state index is 10.4. The van der Waals surface area contributed by atoms with Crippen LogP contribution in [-0.4, -0.2) is 11.7 Å². The first kappa shape index (κ1) is 13.8. The Morgan fingerprint density at radius 1 is 1.00 bits per heavy atom. The van der Waals surface area contributed by atoms with E-state index >= 15 is 0 Å². The second kappa shape index (κ2) is 5.32. The number of nitrogens with two attached hydrogens (primary N) is 1. The number of rotatable bonds is 4. The van der Waals surface area contributed by atoms with Gasteiger partial charge in [0.15, 0.2) is 0 Å². The molecule has 0 bridgehead atoms. The Labute approximate surface area is 127 Å². The third-order valence-corrected chi connectivity index (χ3v) is 4.80. The van der Waals surface area contributed by atoms with Crippen molar-refractivity contribution in [3.63, 3.8) is 0 Å². The molecule has 3 N–H and O–H groups in total. The molecule has 0 aliphatic heterocycles. The summed E-state index contributed by atoms with van der Waals surface area (Å²) in [7, 11) is 0. The summed E-state index contributed by atoms with van der Waals surface area (Å²) < 4.78 is 1.02. The van der Waals surface area contributed by atoms with E-state index in [1.807, 2.05) is 36.4 Å². The van der Waals surface area contributed by atoms with Crippen LogP contribution >= 0.6 is 15.9 Å². The van der Waals surface area contributed by atoms with Crippen LogP contribution in [0.4, 0.5) is 0 Å². The van der Waals surface area contributed by atoms with Gasteiger partial charge in [-0.25, -0.2) is 0 Å². The van der Waals surface area contributed by atoms with Crippen molar-refractivity contribution in [2.45, 2.75) is 24.4 Å². The van der Waals surface area contributed by atoms with Crippen LogP contribution in [-0.2, 0) is 5.41 Å². The molecule has 2 aromatic carbocycles. The first-order chi connectivity index (χ1) is 9.64. The zero-order valence-electron chi connectivity index (χ0n) is 11.2. The van der Waals surface area contributed by atoms with Gasteiger partial charge in [0, 0.05) is 16.4 Å². The van der Waals surface area contributed by atoms with Gasteiger partial charge in [-0.2, -0.15) is 0 Å². The highest BCUT2D eigenvalue weighted by atomic mass is 79.9. The van der Waals surface area contributed by atoms with Gasteiger partial charge in [0.2, 0.25) is 0 Å². The van der Waals surface area contributed by atoms with E-state index in [0.29, 0.717) is 6.54 Å². The Bertz CT molecular complexity index is 587. The van der Waals surface area contributed by atoms with E-state index in [9.17, 15) is 5.11 Å². The molecule has 1 unspecified atom stereocenters. The fourth-order valence-electron chi connectivity index (χ4n) is 2.62. The van der Waals surface area contributed by atoms with Crippen LogP contribution in [0.25, 0.3) is 0 Å². The van der Waals surface area contributed by atoms with Gasteiger partial charge in [0.25, 0.3) is 0 Å². The summed E-state index contributed by atoms with van der Waals surface area (Å²) in [5.41, 5.74) is 9.18. The summed E-state index contributed by atoms with van der Waals surface area (Å²) in [5.74, 6) is 0. The SMILES string of the molecule is NCC1(c2ccc(C(O)c3ccc(Br)cc3)cc2)CC1. The lowest BCUT2D eigenvalue weighted by Crippen LogP contribution is -2.19. The van der Waals surface area contributed by atoms with Crippen LogP contribution in [0.2, 0.25) is 0 Å². The number of aliphatic hydroxyl groups excluding tert-OH is 1. The lowest BCUT2D eigenvalue weighted by atomic mass is 9.93. The van der Waals surface area contributed by atoms with Crippen LogP contribution in [0.5, 0.6) is 0 Å². The highest BCUT2D eigenvalue weighted by molar-refractivity contribution is 9.10. The molecule has 0 amide bonds. The molecule has 20 heavy (non-hydrogen) atoms. The van der Waals surface area contributed by atoms with Gasteiger partial charge in [-0.1, -0.05) is 52.3 Å². The van der Waals surface area contributed by atoms with Crippen molar-refractivity contribution in [3.8, 4) is 0 Å². The summed E-state index contributed by atoms with van der Waals surface area (Å²) >= 11 is 3.40. The largest absolute Gasteiger partial charge is 0.384 e. The van der Waals surface area contributed by atoms with E-state index < -0.39 is 6.10 Å². The highest BCUT2D eigenvalue weighted by Crippen LogP contribution is 2.47. The lowest BCUT2D eigenvalue weighted by molar-refractivity contribution is 0.220. The van der Waals surface area contributed by atoms with Crippen molar-refractivity contribution < 1.29 is 5.11 Å². The molecule has 1 aliphatic rings. The fraction of sp³-hybridized carbons (Fsp3) is 0.294. The van der Waals surface area contributed by atoms with Crippen LogP contribution < -0.4 is 5.73 Å². The molecule has 0 spiro atoms. The molecule has 2 nitrogen and oxygen atoms in total. The summed E-state index contributed by atoms with van der Waals surface area (Å²) in [5, 5.41) is 10.4. The van der Waals surface area contributed by atoms with E-state index in [1.54, 1.807) is 0 Å². The van der Waals surface area contributed by atoms with E-state index in [4.69, 9.17) is 5.73 Å². The molecule has 1 saturated carbocycles. The van der Waals surface area contributed by atoms with Gasteiger partial charge < -0.3 is 10.8 Å². The first-order valence-corrected chi connectivity index (χ1v) is 7.68. The van der Waals surface area contributed by atoms with E-state index in [1.165, 1.54) is 18.4 Å². The summed E-state index contributed by atoms with van der Waals surface area (Å²) in [4.78, 5) is 0. The zero-order valence-corrected chi connectivity index (χ0v) is 12.8. The molecule has 0 saturated heterocycles. The minimum atomic E-state index is -0.579. The van der Waals surface area contributed by atoms with Crippen molar-refractivity contribution in [2.75, 3.05) is 6.54 Å². The second-order valence-corrected chi connectivity index (χ2v) is 6.48. The minimum absolute atomic E-state index is 0.209. The standard InChI is InChI=1S/C17H18BrNO/c18-15-7-3-13(4-8-15)16(20)12-1-5-14(6-2-12)17(11-19)9-10-17/h1-8,16,20H,9-11,19H2. The molecule has 0 aromatic heterocycles. The second-order valence-electron chi connectivity index (χ2n) is 5.56. The predicted molar refractivity (Wildman–Crippen MR) is 84.6 cm³/mol. The number of hydrogen-bond donors (Lipinski definition) is 2. The van der Waals surface area contributed by atoms with Gasteiger partial charge in [-0.15, -0.1) is 0 Å². The van der Waals surface area contributed by atoms with Gasteiger partial charge in [0.05, 0.1) is 0 Å². The van der Waals surface area contributed by atoms with E-state index in [2.05, 4.69) is 28.1 Å². The van der Waals surface area contributed by atoms with Crippen LogP contribution in [0, 0.1) is 0 Å². The molecule has 1 atom stereocenters. The highest BCUT2D eigenvalue weighted by Gasteiger charge is 2.42. The van der Waals surface area contributed by atoms with E-state index in [0.717, 1.165) is 15.6 Å². The first-order valence-electron chi connectivity index (χ1n) is 6.89. The Morgan fingerprint density at radius 3 is 1.95 bits per heavy atom. The summed E-state index contributed by atoms with van der Waals surface area (Å²) in [6.45, 7) is 0.710. The van der Waals surface area contributed by atoms with Crippen molar-refractivity contribution in [1.29, 1.82) is 0 Å². The normalized spacial score (nSPS) is 17.8. The number of aliphatic hydroxyl groups is 1. The average Bonchev–Trinajstić information content (AvgIpc) is 3.29. The molecule has 0 radical (unpaired) electrons. The van der Waals surface area contributed by atoms with Crippen molar-refractivity contribution in [3.05, 3.63) is 69.7 Å². The number of benzene rings is 2. The molecule has 1 aliphatic carbocycles. The molecule has 0 heterocycles. The zero-order chi connectivity index (χ0) is 14.2. The summed E-state index contributed by atoms with van der Waals surface area (Å²) in [6.07, 6.45) is 1.78. The lowest BCUT2D eigenvalue weighted by Gasteiger charge is -2.16.